The van der Waals surface area contributed by atoms with Gasteiger partial charge in [-0.05, 0) is 36.6 Å². The van der Waals surface area contributed by atoms with Crippen molar-refractivity contribution in [2.45, 2.75) is 25.4 Å². The molecule has 7 nitrogen and oxygen atoms in total. The van der Waals surface area contributed by atoms with E-state index in [1.54, 1.807) is 18.5 Å². The Morgan fingerprint density at radius 3 is 2.81 bits per heavy atom. The van der Waals surface area contributed by atoms with Crippen LogP contribution >= 0.6 is 0 Å². The summed E-state index contributed by atoms with van der Waals surface area (Å²) < 4.78 is 24.9. The highest BCUT2D eigenvalue weighted by Gasteiger charge is 2.27. The molecule has 1 aromatic carbocycles. The fourth-order valence-corrected chi connectivity index (χ4v) is 4.07. The van der Waals surface area contributed by atoms with E-state index >= 15 is 0 Å². The molecule has 1 atom stereocenters. The highest BCUT2D eigenvalue weighted by molar-refractivity contribution is 7.88. The molecule has 0 spiro atoms. The maximum Gasteiger partial charge on any atom is 0.253 e. The molecule has 2 aromatic rings. The molecule has 1 aliphatic rings. The number of carbonyl (C=O) groups is 1. The van der Waals surface area contributed by atoms with Crippen LogP contribution in [0.2, 0.25) is 0 Å². The van der Waals surface area contributed by atoms with Crippen molar-refractivity contribution in [1.82, 2.24) is 14.6 Å². The number of rotatable bonds is 6. The standard InChI is InChI=1S/C19H24N4O3S/c1-27(25,26)23-11-5-7-16(14-23)22-19(24)17-8-2-3-9-18(17)21-13-15-6-4-10-20-12-15/h2-4,6,8-10,12,16,21H,5,7,11,13-14H2,1H3,(H,22,24)/t16-/m0/s1. The van der Waals surface area contributed by atoms with E-state index in [1.165, 1.54) is 10.6 Å². The van der Waals surface area contributed by atoms with Gasteiger partial charge in [0.05, 0.1) is 11.8 Å². The minimum atomic E-state index is -3.24. The van der Waals surface area contributed by atoms with Gasteiger partial charge in [-0.15, -0.1) is 0 Å². The van der Waals surface area contributed by atoms with Crippen LogP contribution in [0.5, 0.6) is 0 Å². The average molecular weight is 388 g/mol. The number of para-hydroxylation sites is 1. The summed E-state index contributed by atoms with van der Waals surface area (Å²) in [5, 5.41) is 6.25. The van der Waals surface area contributed by atoms with Crippen LogP contribution in [0.25, 0.3) is 0 Å². The largest absolute Gasteiger partial charge is 0.380 e. The number of hydrogen-bond donors (Lipinski definition) is 2. The van der Waals surface area contributed by atoms with E-state index in [9.17, 15) is 13.2 Å². The molecule has 1 aromatic heterocycles. The lowest BCUT2D eigenvalue weighted by atomic mass is 10.1. The van der Waals surface area contributed by atoms with Crippen LogP contribution in [0.15, 0.2) is 48.8 Å². The minimum absolute atomic E-state index is 0.188. The minimum Gasteiger partial charge on any atom is -0.380 e. The summed E-state index contributed by atoms with van der Waals surface area (Å²) in [6.45, 7) is 1.38. The number of aromatic nitrogens is 1. The molecule has 3 rings (SSSR count). The molecular weight excluding hydrogens is 364 g/mol. The normalized spacial score (nSPS) is 18.0. The maximum absolute atomic E-state index is 12.8. The zero-order valence-corrected chi connectivity index (χ0v) is 16.1. The van der Waals surface area contributed by atoms with Crippen LogP contribution in [0.4, 0.5) is 5.69 Å². The van der Waals surface area contributed by atoms with E-state index in [4.69, 9.17) is 0 Å². The first-order valence-electron chi connectivity index (χ1n) is 8.91. The highest BCUT2D eigenvalue weighted by atomic mass is 32.2. The Bertz CT molecular complexity index is 887. The first-order chi connectivity index (χ1) is 12.9. The quantitative estimate of drug-likeness (QED) is 0.788. The van der Waals surface area contributed by atoms with Crippen molar-refractivity contribution in [1.29, 1.82) is 0 Å². The molecule has 0 saturated carbocycles. The van der Waals surface area contributed by atoms with Crippen LogP contribution in [0, 0.1) is 0 Å². The smallest absolute Gasteiger partial charge is 0.253 e. The topological polar surface area (TPSA) is 91.4 Å². The van der Waals surface area contributed by atoms with Gasteiger partial charge in [0.15, 0.2) is 0 Å². The molecule has 0 aliphatic carbocycles. The highest BCUT2D eigenvalue weighted by Crippen LogP contribution is 2.18. The number of benzene rings is 1. The molecule has 1 fully saturated rings. The first-order valence-corrected chi connectivity index (χ1v) is 10.8. The summed E-state index contributed by atoms with van der Waals surface area (Å²) in [6.07, 6.45) is 6.20. The van der Waals surface area contributed by atoms with Crippen molar-refractivity contribution in [3.8, 4) is 0 Å². The predicted molar refractivity (Wildman–Crippen MR) is 105 cm³/mol. The molecule has 0 bridgehead atoms. The first kappa shape index (κ1) is 19.3. The predicted octanol–water partition coefficient (Wildman–Crippen LogP) is 1.85. The molecule has 144 valence electrons. The van der Waals surface area contributed by atoms with Gasteiger partial charge in [0, 0.05) is 43.8 Å². The van der Waals surface area contributed by atoms with Gasteiger partial charge < -0.3 is 10.6 Å². The molecule has 27 heavy (non-hydrogen) atoms. The number of pyridine rings is 1. The summed E-state index contributed by atoms with van der Waals surface area (Å²) in [5.74, 6) is -0.204. The van der Waals surface area contributed by atoms with Crippen molar-refractivity contribution in [2.75, 3.05) is 24.7 Å². The van der Waals surface area contributed by atoms with Gasteiger partial charge in [-0.1, -0.05) is 18.2 Å². The lowest BCUT2D eigenvalue weighted by Gasteiger charge is -2.31. The van der Waals surface area contributed by atoms with Crippen LogP contribution < -0.4 is 10.6 Å². The summed E-state index contributed by atoms with van der Waals surface area (Å²) >= 11 is 0. The number of amides is 1. The summed E-state index contributed by atoms with van der Waals surface area (Å²) in [5.41, 5.74) is 2.29. The SMILES string of the molecule is CS(=O)(=O)N1CCC[C@H](NC(=O)c2ccccc2NCc2cccnc2)C1. The molecule has 8 heteroatoms. The average Bonchev–Trinajstić information content (AvgIpc) is 2.67. The van der Waals surface area contributed by atoms with Crippen molar-refractivity contribution < 1.29 is 13.2 Å². The van der Waals surface area contributed by atoms with Crippen LogP contribution in [0.3, 0.4) is 0 Å². The van der Waals surface area contributed by atoms with Gasteiger partial charge in [0.1, 0.15) is 0 Å². The fraction of sp³-hybridized carbons (Fsp3) is 0.368. The Kier molecular flexibility index (Phi) is 6.08. The van der Waals surface area contributed by atoms with Crippen molar-refractivity contribution in [3.05, 3.63) is 59.9 Å². The molecular formula is C19H24N4O3S. The van der Waals surface area contributed by atoms with Crippen LogP contribution in [-0.2, 0) is 16.6 Å². The summed E-state index contributed by atoms with van der Waals surface area (Å²) in [6, 6.07) is 10.9. The molecule has 2 N–H and O–H groups in total. The Balaban J connectivity index is 1.66. The van der Waals surface area contributed by atoms with Crippen molar-refractivity contribution in [3.63, 3.8) is 0 Å². The second-order valence-electron chi connectivity index (χ2n) is 6.69. The van der Waals surface area contributed by atoms with E-state index in [1.807, 2.05) is 30.3 Å². The summed E-state index contributed by atoms with van der Waals surface area (Å²) in [7, 11) is -3.24. The van der Waals surface area contributed by atoms with E-state index in [2.05, 4.69) is 15.6 Å². The number of nitrogens with one attached hydrogen (secondary N) is 2. The molecule has 1 saturated heterocycles. The number of piperidine rings is 1. The van der Waals surface area contributed by atoms with Crippen molar-refractivity contribution >= 4 is 21.6 Å². The third-order valence-electron chi connectivity index (χ3n) is 4.57. The van der Waals surface area contributed by atoms with Gasteiger partial charge in [-0.2, -0.15) is 0 Å². The van der Waals surface area contributed by atoms with Crippen LogP contribution in [0.1, 0.15) is 28.8 Å². The van der Waals surface area contributed by atoms with Gasteiger partial charge in [0.25, 0.3) is 5.91 Å². The lowest BCUT2D eigenvalue weighted by Crippen LogP contribution is -2.49. The zero-order valence-electron chi connectivity index (χ0n) is 15.3. The summed E-state index contributed by atoms with van der Waals surface area (Å²) in [4.78, 5) is 16.9. The number of anilines is 1. The van der Waals surface area contributed by atoms with E-state index in [0.717, 1.165) is 24.1 Å². The monoisotopic (exact) mass is 388 g/mol. The Labute approximate surface area is 159 Å². The van der Waals surface area contributed by atoms with E-state index < -0.39 is 10.0 Å². The van der Waals surface area contributed by atoms with Gasteiger partial charge in [0.2, 0.25) is 10.0 Å². The molecule has 1 amide bonds. The third kappa shape index (κ3) is 5.27. The third-order valence-corrected chi connectivity index (χ3v) is 5.84. The maximum atomic E-state index is 12.8. The number of nitrogens with zero attached hydrogens (tertiary/aromatic N) is 2. The Hall–Kier alpha value is -2.45. The van der Waals surface area contributed by atoms with Gasteiger partial charge >= 0.3 is 0 Å². The Morgan fingerprint density at radius 1 is 1.26 bits per heavy atom. The number of carbonyl (C=O) groups excluding carboxylic acids is 1. The van der Waals surface area contributed by atoms with Gasteiger partial charge in [-0.3, -0.25) is 9.78 Å². The van der Waals surface area contributed by atoms with Crippen molar-refractivity contribution in [2.24, 2.45) is 0 Å². The molecule has 1 aliphatic heterocycles. The second kappa shape index (κ2) is 8.49. The number of sulfonamides is 1. The zero-order chi connectivity index (χ0) is 19.3. The fourth-order valence-electron chi connectivity index (χ4n) is 3.16. The lowest BCUT2D eigenvalue weighted by molar-refractivity contribution is 0.0922. The molecule has 0 unspecified atom stereocenters. The van der Waals surface area contributed by atoms with E-state index in [-0.39, 0.29) is 11.9 Å². The molecule has 2 heterocycles. The van der Waals surface area contributed by atoms with Gasteiger partial charge in [-0.25, -0.2) is 12.7 Å². The van der Waals surface area contributed by atoms with Crippen LogP contribution in [-0.4, -0.2) is 49.0 Å². The second-order valence-corrected chi connectivity index (χ2v) is 8.68. The molecule has 0 radical (unpaired) electrons. The number of hydrogen-bond acceptors (Lipinski definition) is 5. The van der Waals surface area contributed by atoms with E-state index in [0.29, 0.717) is 25.2 Å². The Morgan fingerprint density at radius 2 is 2.07 bits per heavy atom.